The highest BCUT2D eigenvalue weighted by molar-refractivity contribution is 7.80. The van der Waals surface area contributed by atoms with Crippen LogP contribution < -0.4 is 11.1 Å². The van der Waals surface area contributed by atoms with E-state index in [2.05, 4.69) is 58.2 Å². The maximum Gasteiger partial charge on any atom is 0.244 e. The van der Waals surface area contributed by atoms with Gasteiger partial charge in [-0.15, -0.1) is 0 Å². The number of H-pyrrole nitrogens is 1. The molecular formula is C30H34N4O2S. The monoisotopic (exact) mass is 514 g/mol. The second-order valence-electron chi connectivity index (χ2n) is 9.89. The Hall–Kier alpha value is -3.26. The van der Waals surface area contributed by atoms with Crippen LogP contribution in [0.5, 0.6) is 0 Å². The summed E-state index contributed by atoms with van der Waals surface area (Å²) >= 11 is 5.86. The van der Waals surface area contributed by atoms with Crippen LogP contribution in [0.25, 0.3) is 43.6 Å². The van der Waals surface area contributed by atoms with Crippen molar-refractivity contribution in [1.29, 1.82) is 0 Å². The summed E-state index contributed by atoms with van der Waals surface area (Å²) in [4.78, 5) is 17.8. The van der Waals surface area contributed by atoms with Gasteiger partial charge in [0.05, 0.1) is 23.2 Å². The highest BCUT2D eigenvalue weighted by Crippen LogP contribution is 2.48. The number of aromatic nitrogens is 2. The first kappa shape index (κ1) is 25.4. The minimum absolute atomic E-state index is 0. The molecule has 2 aromatic heterocycles. The molecule has 1 amide bonds. The zero-order valence-corrected chi connectivity index (χ0v) is 21.8. The van der Waals surface area contributed by atoms with E-state index in [4.69, 9.17) is 22.7 Å². The lowest BCUT2D eigenvalue weighted by Gasteiger charge is -2.40. The van der Waals surface area contributed by atoms with Gasteiger partial charge in [-0.3, -0.25) is 4.79 Å². The summed E-state index contributed by atoms with van der Waals surface area (Å²) in [5.74, 6) is -0.233. The number of rotatable bonds is 4. The smallest absolute Gasteiger partial charge is 0.244 e. The predicted molar refractivity (Wildman–Crippen MR) is 157 cm³/mol. The van der Waals surface area contributed by atoms with Crippen molar-refractivity contribution in [3.63, 3.8) is 0 Å². The van der Waals surface area contributed by atoms with Crippen LogP contribution in [-0.2, 0) is 21.7 Å². The van der Waals surface area contributed by atoms with Crippen LogP contribution in [0.3, 0.4) is 0 Å². The number of hydrogen-bond acceptors (Lipinski definition) is 4. The van der Waals surface area contributed by atoms with E-state index in [9.17, 15) is 4.79 Å². The van der Waals surface area contributed by atoms with Crippen molar-refractivity contribution in [2.24, 2.45) is 5.73 Å². The van der Waals surface area contributed by atoms with Crippen molar-refractivity contribution >= 4 is 66.6 Å². The Kier molecular flexibility index (Phi) is 5.94. The van der Waals surface area contributed by atoms with Gasteiger partial charge >= 0.3 is 0 Å². The number of benzene rings is 3. The van der Waals surface area contributed by atoms with Gasteiger partial charge < -0.3 is 25.3 Å². The molecule has 2 atom stereocenters. The van der Waals surface area contributed by atoms with Crippen LogP contribution in [-0.4, -0.2) is 39.5 Å². The Bertz CT molecular complexity index is 1730. The number of aromatic amines is 1. The molecule has 6 nitrogen and oxygen atoms in total. The Labute approximate surface area is 222 Å². The maximum absolute atomic E-state index is 13.2. The van der Waals surface area contributed by atoms with E-state index in [-0.39, 0.29) is 13.3 Å². The predicted octanol–water partition coefficient (Wildman–Crippen LogP) is 5.90. The number of para-hydroxylation sites is 2. The van der Waals surface area contributed by atoms with Crippen LogP contribution in [0.2, 0.25) is 0 Å². The van der Waals surface area contributed by atoms with E-state index in [1.54, 1.807) is 7.05 Å². The van der Waals surface area contributed by atoms with Crippen molar-refractivity contribution in [3.8, 4) is 0 Å². The number of aryl methyl sites for hydroxylation is 1. The molecule has 192 valence electrons. The molecule has 1 aliphatic heterocycles. The number of nitrogens with zero attached hydrogens (tertiary/aromatic N) is 1. The number of amides is 1. The molecule has 3 heterocycles. The van der Waals surface area contributed by atoms with Crippen molar-refractivity contribution in [2.45, 2.75) is 52.3 Å². The van der Waals surface area contributed by atoms with E-state index in [0.29, 0.717) is 13.0 Å². The number of carbonyl (C=O) groups is 1. The number of hydrogen-bond donors (Lipinski definition) is 3. The van der Waals surface area contributed by atoms with E-state index in [1.807, 2.05) is 26.0 Å². The highest BCUT2D eigenvalue weighted by Gasteiger charge is 2.58. The van der Waals surface area contributed by atoms with Gasteiger partial charge in [-0.25, -0.2) is 0 Å². The van der Waals surface area contributed by atoms with Crippen LogP contribution in [0.15, 0.2) is 48.5 Å². The minimum Gasteiger partial charge on any atom is -0.357 e. The second kappa shape index (κ2) is 8.65. The van der Waals surface area contributed by atoms with E-state index in [1.165, 1.54) is 5.56 Å². The fraction of sp³-hybridized carbons (Fsp3) is 0.333. The number of nitrogens with two attached hydrogens (primary N) is 1. The first-order valence-corrected chi connectivity index (χ1v) is 12.8. The number of nitrogens with one attached hydrogen (secondary N) is 2. The van der Waals surface area contributed by atoms with Crippen LogP contribution in [0.1, 0.15) is 45.7 Å². The molecule has 0 saturated carbocycles. The van der Waals surface area contributed by atoms with Gasteiger partial charge in [0.2, 0.25) is 5.91 Å². The third-order valence-electron chi connectivity index (χ3n) is 8.14. The number of fused-ring (bicyclic) bond motifs is 7. The van der Waals surface area contributed by atoms with E-state index in [0.717, 1.165) is 60.5 Å². The zero-order valence-electron chi connectivity index (χ0n) is 21.0. The lowest BCUT2D eigenvalue weighted by Crippen LogP contribution is -2.64. The summed E-state index contributed by atoms with van der Waals surface area (Å²) in [6.45, 7) is 6.52. The average Bonchev–Trinajstić information content (AvgIpc) is 3.53. The number of carbonyl (C=O) groups excluding carboxylic acids is 1. The van der Waals surface area contributed by atoms with E-state index < -0.39 is 11.3 Å². The van der Waals surface area contributed by atoms with Crippen molar-refractivity contribution in [2.75, 3.05) is 13.7 Å². The van der Waals surface area contributed by atoms with Gasteiger partial charge in [0.25, 0.3) is 0 Å². The summed E-state index contributed by atoms with van der Waals surface area (Å²) in [5, 5.41) is 7.24. The lowest BCUT2D eigenvalue weighted by molar-refractivity contribution is -0.139. The molecule has 37 heavy (non-hydrogen) atoms. The van der Waals surface area contributed by atoms with Crippen molar-refractivity contribution in [3.05, 3.63) is 59.7 Å². The van der Waals surface area contributed by atoms with Crippen LogP contribution in [0, 0.1) is 0 Å². The number of thiocarbonyl (C=S) groups is 1. The highest BCUT2D eigenvalue weighted by atomic mass is 32.1. The normalized spacial score (nSPS) is 21.6. The van der Waals surface area contributed by atoms with Gasteiger partial charge in [-0.05, 0) is 38.0 Å². The Morgan fingerprint density at radius 2 is 1.84 bits per heavy atom. The number of ether oxygens (including phenoxy) is 1. The molecule has 0 unspecified atom stereocenters. The SMILES string of the molecule is C.CCc1c(C(C)=S)c2c3ccccc3[nH]c2c2c1c1ccccc1n2[C@@]1(C)OCC[C@]1(N)C(=O)NC. The molecule has 6 rings (SSSR count). The standard InChI is InChI=1S/C29H30N4O2S.CH4/c1-5-17-22(16(2)36)24-18-10-6-8-12-20(18)32-25(24)26-23(17)19-11-7-9-13-21(19)33(26)28(3)29(30,14-15-35-28)27(34)31-4;/h6-13,32H,5,14-15,30H2,1-4H3,(H,31,34);1H4/t28-,29-;/m0./s1. The molecule has 0 spiro atoms. The summed E-state index contributed by atoms with van der Waals surface area (Å²) in [6.07, 6.45) is 1.23. The van der Waals surface area contributed by atoms with Gasteiger partial charge in [0.15, 0.2) is 5.72 Å². The molecule has 7 heteroatoms. The van der Waals surface area contributed by atoms with Gasteiger partial charge in [-0.1, -0.05) is 63.0 Å². The molecule has 1 aliphatic rings. The molecule has 4 N–H and O–H groups in total. The van der Waals surface area contributed by atoms with Crippen molar-refractivity contribution in [1.82, 2.24) is 14.9 Å². The molecular weight excluding hydrogens is 480 g/mol. The van der Waals surface area contributed by atoms with Crippen LogP contribution in [0.4, 0.5) is 0 Å². The molecule has 1 fully saturated rings. The molecule has 0 aliphatic carbocycles. The maximum atomic E-state index is 13.2. The Morgan fingerprint density at radius 3 is 2.51 bits per heavy atom. The fourth-order valence-corrected chi connectivity index (χ4v) is 6.63. The van der Waals surface area contributed by atoms with Gasteiger partial charge in [-0.2, -0.15) is 0 Å². The zero-order chi connectivity index (χ0) is 25.4. The second-order valence-corrected chi connectivity index (χ2v) is 10.5. The van der Waals surface area contributed by atoms with Crippen molar-refractivity contribution < 1.29 is 9.53 Å². The summed E-state index contributed by atoms with van der Waals surface area (Å²) in [6, 6.07) is 16.6. The lowest BCUT2D eigenvalue weighted by atomic mass is 9.86. The van der Waals surface area contributed by atoms with E-state index >= 15 is 0 Å². The third-order valence-corrected chi connectivity index (χ3v) is 8.35. The molecule has 5 aromatic rings. The molecule has 1 saturated heterocycles. The topological polar surface area (TPSA) is 85.1 Å². The quantitative estimate of drug-likeness (QED) is 0.206. The summed E-state index contributed by atoms with van der Waals surface area (Å²) in [5.41, 5.74) is 10.9. The summed E-state index contributed by atoms with van der Waals surface area (Å²) < 4.78 is 8.62. The number of likely N-dealkylation sites (N-methyl/N-ethyl adjacent to an activating group) is 1. The van der Waals surface area contributed by atoms with Crippen LogP contribution >= 0.6 is 12.2 Å². The fourth-order valence-electron chi connectivity index (χ4n) is 6.41. The third kappa shape index (κ3) is 3.11. The first-order valence-electron chi connectivity index (χ1n) is 12.4. The molecule has 0 radical (unpaired) electrons. The van der Waals surface area contributed by atoms with Gasteiger partial charge in [0, 0.05) is 51.0 Å². The Balaban J connectivity index is 0.00000280. The van der Waals surface area contributed by atoms with Gasteiger partial charge in [0.1, 0.15) is 5.54 Å². The largest absolute Gasteiger partial charge is 0.357 e. The average molecular weight is 515 g/mol. The summed E-state index contributed by atoms with van der Waals surface area (Å²) in [7, 11) is 1.63. The Morgan fingerprint density at radius 1 is 1.16 bits per heavy atom. The molecule has 3 aromatic carbocycles. The minimum atomic E-state index is -1.25. The first-order chi connectivity index (χ1) is 17.3. The molecule has 0 bridgehead atoms.